The molecule has 3 aliphatic heterocycles. The summed E-state index contributed by atoms with van der Waals surface area (Å²) in [5, 5.41) is 120. The number of hydrogen-bond donors (Lipinski definition) is 12. The Morgan fingerprint density at radius 3 is 1.12 bits per heavy atom. The van der Waals surface area contributed by atoms with E-state index >= 15 is 0 Å². The molecule has 556 valence electrons. The molecule has 1 amide bonds. The average molecular weight is 1360 g/mol. The summed E-state index contributed by atoms with van der Waals surface area (Å²) in [5.74, 6) is -0.276. The number of nitrogens with one attached hydrogen (secondary N) is 1. The molecule has 17 unspecified atom stereocenters. The Balaban J connectivity index is 1.26. The van der Waals surface area contributed by atoms with E-state index in [1.165, 1.54) is 154 Å². The highest BCUT2D eigenvalue weighted by atomic mass is 16.8. The van der Waals surface area contributed by atoms with E-state index in [2.05, 4.69) is 92.1 Å². The first-order valence-corrected chi connectivity index (χ1v) is 37.8. The second kappa shape index (κ2) is 57.6. The van der Waals surface area contributed by atoms with Gasteiger partial charge in [-0.3, -0.25) is 4.79 Å². The van der Waals surface area contributed by atoms with Gasteiger partial charge in [0.2, 0.25) is 5.91 Å². The summed E-state index contributed by atoms with van der Waals surface area (Å²) in [4.78, 5) is 13.4. The van der Waals surface area contributed by atoms with Crippen molar-refractivity contribution in [3.05, 3.63) is 85.1 Å². The number of aliphatic hydroxyl groups excluding tert-OH is 11. The molecule has 0 saturated carbocycles. The lowest BCUT2D eigenvalue weighted by molar-refractivity contribution is -0.379. The van der Waals surface area contributed by atoms with Crippen LogP contribution in [0.2, 0.25) is 0 Å². The SMILES string of the molecule is CC/C=C\C/C=C\C/C=C\C/C=C\C/C=C\C/C=C\CCCCCCCCCCCCCCCCCCCCCCCCC(=O)NC(COC1OC(CO)C(OC2OC(CO)C(OC3OC(CO)C(O)C(O)C3O)C(O)C2O)C(O)C1O)C(O)/C=C/CCCCCCCCCC. The number of amides is 1. The Morgan fingerprint density at radius 2 is 0.719 bits per heavy atom. The summed E-state index contributed by atoms with van der Waals surface area (Å²) in [6.07, 6.45) is 49.0. The molecule has 3 heterocycles. The van der Waals surface area contributed by atoms with Gasteiger partial charge in [-0.15, -0.1) is 0 Å². The summed E-state index contributed by atoms with van der Waals surface area (Å²) in [5.41, 5.74) is 0. The van der Waals surface area contributed by atoms with E-state index in [0.29, 0.717) is 6.42 Å². The quantitative estimate of drug-likeness (QED) is 0.0199. The van der Waals surface area contributed by atoms with Crippen LogP contribution in [0.5, 0.6) is 0 Å². The molecule has 0 spiro atoms. The van der Waals surface area contributed by atoms with Crippen molar-refractivity contribution in [3.8, 4) is 0 Å². The van der Waals surface area contributed by atoms with Crippen molar-refractivity contribution in [2.75, 3.05) is 26.4 Å². The van der Waals surface area contributed by atoms with Gasteiger partial charge in [-0.25, -0.2) is 0 Å². The number of carbonyl (C=O) groups is 1. The molecule has 0 aliphatic carbocycles. The number of unbranched alkanes of at least 4 members (excludes halogenated alkanes) is 30. The first-order chi connectivity index (χ1) is 46.8. The van der Waals surface area contributed by atoms with Gasteiger partial charge in [0, 0.05) is 6.42 Å². The number of ether oxygens (including phenoxy) is 6. The predicted octanol–water partition coefficient (Wildman–Crippen LogP) is 11.4. The Labute approximate surface area is 578 Å². The fourth-order valence-corrected chi connectivity index (χ4v) is 12.4. The first-order valence-electron chi connectivity index (χ1n) is 37.8. The third-order valence-corrected chi connectivity index (χ3v) is 18.4. The lowest BCUT2D eigenvalue weighted by Crippen LogP contribution is -2.66. The molecule has 3 fully saturated rings. The molecule has 19 heteroatoms. The van der Waals surface area contributed by atoms with Crippen LogP contribution in [0.15, 0.2) is 85.1 Å². The van der Waals surface area contributed by atoms with E-state index in [-0.39, 0.29) is 18.9 Å². The summed E-state index contributed by atoms with van der Waals surface area (Å²) in [6.45, 7) is 1.59. The molecule has 0 aromatic rings. The van der Waals surface area contributed by atoms with Gasteiger partial charge in [0.05, 0.1) is 38.6 Å². The number of rotatable bonds is 58. The van der Waals surface area contributed by atoms with Crippen LogP contribution in [0.25, 0.3) is 0 Å². The Morgan fingerprint density at radius 1 is 0.385 bits per heavy atom. The van der Waals surface area contributed by atoms with Crippen LogP contribution >= 0.6 is 0 Å². The average Bonchev–Trinajstić information content (AvgIpc) is 0.849. The molecule has 3 saturated heterocycles. The second-order valence-electron chi connectivity index (χ2n) is 26.7. The highest BCUT2D eigenvalue weighted by molar-refractivity contribution is 5.76. The van der Waals surface area contributed by atoms with Crippen LogP contribution in [0.3, 0.4) is 0 Å². The summed E-state index contributed by atoms with van der Waals surface area (Å²) < 4.78 is 34.3. The molecular formula is C77H135NO18. The fourth-order valence-electron chi connectivity index (χ4n) is 12.4. The summed E-state index contributed by atoms with van der Waals surface area (Å²) in [6, 6.07) is -0.972. The monoisotopic (exact) mass is 1360 g/mol. The minimum atomic E-state index is -1.98. The van der Waals surface area contributed by atoms with Crippen LogP contribution < -0.4 is 5.32 Å². The maximum atomic E-state index is 13.4. The van der Waals surface area contributed by atoms with Gasteiger partial charge in [0.1, 0.15) is 73.2 Å². The van der Waals surface area contributed by atoms with Gasteiger partial charge in [-0.2, -0.15) is 0 Å². The highest BCUT2D eigenvalue weighted by Crippen LogP contribution is 2.33. The Bertz CT molecular complexity index is 2070. The van der Waals surface area contributed by atoms with Crippen molar-refractivity contribution in [2.24, 2.45) is 0 Å². The first kappa shape index (κ1) is 87.2. The third kappa shape index (κ3) is 38.1. The van der Waals surface area contributed by atoms with E-state index < -0.39 is 124 Å². The van der Waals surface area contributed by atoms with Gasteiger partial charge in [0.15, 0.2) is 18.9 Å². The molecule has 19 nitrogen and oxygen atoms in total. The highest BCUT2D eigenvalue weighted by Gasteiger charge is 2.53. The van der Waals surface area contributed by atoms with Gasteiger partial charge < -0.3 is 89.9 Å². The molecule has 3 rings (SSSR count). The van der Waals surface area contributed by atoms with Crippen LogP contribution in [-0.4, -0.2) is 193 Å². The number of aliphatic hydroxyl groups is 11. The van der Waals surface area contributed by atoms with Crippen molar-refractivity contribution < 1.29 is 89.4 Å². The normalized spacial score (nSPS) is 27.5. The summed E-state index contributed by atoms with van der Waals surface area (Å²) >= 11 is 0. The molecule has 0 aromatic carbocycles. The van der Waals surface area contributed by atoms with Gasteiger partial charge >= 0.3 is 0 Å². The molecule has 17 atom stereocenters. The molecule has 3 aliphatic rings. The number of hydrogen-bond acceptors (Lipinski definition) is 18. The van der Waals surface area contributed by atoms with Crippen molar-refractivity contribution in [2.45, 2.75) is 369 Å². The lowest BCUT2D eigenvalue weighted by Gasteiger charge is -2.48. The lowest BCUT2D eigenvalue weighted by atomic mass is 9.96. The van der Waals surface area contributed by atoms with Crippen LogP contribution in [-0.2, 0) is 33.2 Å². The molecular weight excluding hydrogens is 1230 g/mol. The van der Waals surface area contributed by atoms with Crippen LogP contribution in [0.1, 0.15) is 264 Å². The van der Waals surface area contributed by atoms with E-state index in [1.54, 1.807) is 6.08 Å². The largest absolute Gasteiger partial charge is 0.394 e. The topological polar surface area (TPSA) is 307 Å². The predicted molar refractivity (Wildman–Crippen MR) is 378 cm³/mol. The fraction of sp³-hybridized carbons (Fsp3) is 0.805. The van der Waals surface area contributed by atoms with Crippen molar-refractivity contribution >= 4 is 5.91 Å². The van der Waals surface area contributed by atoms with E-state index in [9.17, 15) is 61.0 Å². The molecule has 12 N–H and O–H groups in total. The van der Waals surface area contributed by atoms with Crippen LogP contribution in [0, 0.1) is 0 Å². The van der Waals surface area contributed by atoms with Crippen molar-refractivity contribution in [3.63, 3.8) is 0 Å². The smallest absolute Gasteiger partial charge is 0.220 e. The van der Waals surface area contributed by atoms with Gasteiger partial charge in [-0.05, 0) is 70.6 Å². The van der Waals surface area contributed by atoms with Crippen molar-refractivity contribution in [1.29, 1.82) is 0 Å². The molecule has 0 radical (unpaired) electrons. The van der Waals surface area contributed by atoms with Crippen molar-refractivity contribution in [1.82, 2.24) is 5.32 Å². The third-order valence-electron chi connectivity index (χ3n) is 18.4. The Hall–Kier alpha value is -3.03. The Kier molecular flexibility index (Phi) is 52.3. The minimum absolute atomic E-state index is 0.243. The zero-order chi connectivity index (χ0) is 69.6. The van der Waals surface area contributed by atoms with Gasteiger partial charge in [-0.1, -0.05) is 272 Å². The maximum absolute atomic E-state index is 13.4. The molecule has 0 bridgehead atoms. The van der Waals surface area contributed by atoms with Crippen LogP contribution in [0.4, 0.5) is 0 Å². The van der Waals surface area contributed by atoms with Gasteiger partial charge in [0.25, 0.3) is 0 Å². The molecule has 0 aromatic heterocycles. The maximum Gasteiger partial charge on any atom is 0.220 e. The van der Waals surface area contributed by atoms with E-state index in [1.807, 2.05) is 6.08 Å². The second-order valence-corrected chi connectivity index (χ2v) is 26.7. The number of allylic oxidation sites excluding steroid dienone is 13. The standard InChI is InChI=1S/C77H135NO18/c1-3-5-7-9-11-13-15-16-17-18-19-20-21-22-23-24-25-26-27-28-29-30-31-32-33-34-35-36-37-38-39-40-41-42-43-44-45-47-49-51-53-55-65(83)78-60(61(82)54-52-50-48-46-14-12-10-8-6-4-2)59-91-75-71(89)68(86)73(63(57-80)93-75)96-77-72(90)69(87)74(64(58-81)94-77)95-76-70(88)67(85)66(84)62(56-79)92-76/h5,7,11,13,16-17,19-20,22-23,25-26,52,54,60-64,66-77,79-82,84-90H,3-4,6,8-10,12,14-15,18,21,24,27-51,53,55-59H2,1-2H3,(H,78,83)/b7-5-,13-11-,17-16-,20-19-,23-22-,26-25-,54-52+. The van der Waals surface area contributed by atoms with E-state index in [0.717, 1.165) is 83.5 Å². The zero-order valence-electron chi connectivity index (χ0n) is 59.1. The number of carbonyl (C=O) groups excluding carboxylic acids is 1. The molecule has 96 heavy (non-hydrogen) atoms. The minimum Gasteiger partial charge on any atom is -0.394 e. The zero-order valence-corrected chi connectivity index (χ0v) is 59.1. The van der Waals surface area contributed by atoms with E-state index in [4.69, 9.17) is 28.4 Å². The summed E-state index contributed by atoms with van der Waals surface area (Å²) in [7, 11) is 0.